The van der Waals surface area contributed by atoms with Crippen molar-refractivity contribution < 1.29 is 0 Å². The predicted molar refractivity (Wildman–Crippen MR) is 78.0 cm³/mol. The lowest BCUT2D eigenvalue weighted by Gasteiger charge is -2.03. The molecule has 2 nitrogen and oxygen atoms in total. The maximum absolute atomic E-state index is 4.64. The van der Waals surface area contributed by atoms with Crippen LogP contribution in [0.4, 0.5) is 0 Å². The number of aryl methyl sites for hydroxylation is 2. The molecule has 0 N–H and O–H groups in total. The van der Waals surface area contributed by atoms with Crippen molar-refractivity contribution in [2.24, 2.45) is 0 Å². The van der Waals surface area contributed by atoms with Gasteiger partial charge in [0.05, 0.1) is 16.7 Å². The summed E-state index contributed by atoms with van der Waals surface area (Å²) in [4.78, 5) is 9.09. The van der Waals surface area contributed by atoms with Crippen LogP contribution in [0, 0.1) is 0 Å². The van der Waals surface area contributed by atoms with Crippen LogP contribution < -0.4 is 0 Å². The van der Waals surface area contributed by atoms with Gasteiger partial charge in [0.25, 0.3) is 0 Å². The Bertz CT molecular complexity index is 662. The van der Waals surface area contributed by atoms with E-state index in [1.807, 2.05) is 30.5 Å². The largest absolute Gasteiger partial charge is 0.253 e. The van der Waals surface area contributed by atoms with Gasteiger partial charge in [0.2, 0.25) is 0 Å². The van der Waals surface area contributed by atoms with E-state index in [0.717, 1.165) is 36.0 Å². The summed E-state index contributed by atoms with van der Waals surface area (Å²) < 4.78 is 0. The Morgan fingerprint density at radius 1 is 0.737 bits per heavy atom. The summed E-state index contributed by atoms with van der Waals surface area (Å²) >= 11 is 0. The van der Waals surface area contributed by atoms with Gasteiger partial charge in [-0.3, -0.25) is 4.98 Å². The van der Waals surface area contributed by atoms with Crippen molar-refractivity contribution in [1.29, 1.82) is 0 Å². The SMILES string of the molecule is c1ccc(CCCc2cnc3ccccc3n2)cc1. The second-order valence-electron chi connectivity index (χ2n) is 4.69. The van der Waals surface area contributed by atoms with E-state index in [2.05, 4.69) is 40.3 Å². The van der Waals surface area contributed by atoms with Crippen LogP contribution in [0.3, 0.4) is 0 Å². The van der Waals surface area contributed by atoms with E-state index in [0.29, 0.717) is 0 Å². The van der Waals surface area contributed by atoms with Gasteiger partial charge in [-0.1, -0.05) is 42.5 Å². The lowest BCUT2D eigenvalue weighted by Crippen LogP contribution is -1.95. The van der Waals surface area contributed by atoms with Crippen LogP contribution in [0.25, 0.3) is 11.0 Å². The van der Waals surface area contributed by atoms with Crippen molar-refractivity contribution in [3.05, 3.63) is 72.1 Å². The molecule has 0 spiro atoms. The van der Waals surface area contributed by atoms with E-state index in [-0.39, 0.29) is 0 Å². The van der Waals surface area contributed by atoms with Crippen LogP contribution in [0.1, 0.15) is 17.7 Å². The number of fused-ring (bicyclic) bond motifs is 1. The zero-order valence-electron chi connectivity index (χ0n) is 10.8. The summed E-state index contributed by atoms with van der Waals surface area (Å²) in [5.41, 5.74) is 4.42. The maximum atomic E-state index is 4.64. The first-order chi connectivity index (χ1) is 9.42. The van der Waals surface area contributed by atoms with Crippen LogP contribution in [0.2, 0.25) is 0 Å². The molecule has 0 atom stereocenters. The molecule has 0 aliphatic heterocycles. The normalized spacial score (nSPS) is 10.7. The van der Waals surface area contributed by atoms with Crippen molar-refractivity contribution in [1.82, 2.24) is 9.97 Å². The highest BCUT2D eigenvalue weighted by molar-refractivity contribution is 5.73. The summed E-state index contributed by atoms with van der Waals surface area (Å²) in [7, 11) is 0. The fourth-order valence-corrected chi connectivity index (χ4v) is 2.23. The van der Waals surface area contributed by atoms with Gasteiger partial charge in [-0.05, 0) is 37.0 Å². The maximum Gasteiger partial charge on any atom is 0.0890 e. The molecular formula is C17H16N2. The lowest BCUT2D eigenvalue weighted by molar-refractivity contribution is 0.799. The van der Waals surface area contributed by atoms with Gasteiger partial charge in [0, 0.05) is 6.20 Å². The molecule has 0 fully saturated rings. The van der Waals surface area contributed by atoms with Crippen LogP contribution in [0.15, 0.2) is 60.8 Å². The van der Waals surface area contributed by atoms with E-state index in [1.54, 1.807) is 0 Å². The average molecular weight is 248 g/mol. The van der Waals surface area contributed by atoms with Crippen molar-refractivity contribution >= 4 is 11.0 Å². The lowest BCUT2D eigenvalue weighted by atomic mass is 10.1. The summed E-state index contributed by atoms with van der Waals surface area (Å²) in [6.07, 6.45) is 5.08. The standard InChI is InChI=1S/C17H16N2/c1-2-7-14(8-3-1)9-6-10-15-13-18-16-11-4-5-12-17(16)19-15/h1-5,7-8,11-13H,6,9-10H2. The van der Waals surface area contributed by atoms with E-state index in [9.17, 15) is 0 Å². The topological polar surface area (TPSA) is 25.8 Å². The number of aromatic nitrogens is 2. The molecule has 3 aromatic rings. The van der Waals surface area contributed by atoms with E-state index in [4.69, 9.17) is 0 Å². The van der Waals surface area contributed by atoms with E-state index >= 15 is 0 Å². The Morgan fingerprint density at radius 3 is 2.32 bits per heavy atom. The molecule has 0 aliphatic carbocycles. The van der Waals surface area contributed by atoms with Gasteiger partial charge in [0.15, 0.2) is 0 Å². The van der Waals surface area contributed by atoms with Crippen LogP contribution in [-0.2, 0) is 12.8 Å². The van der Waals surface area contributed by atoms with Gasteiger partial charge in [-0.2, -0.15) is 0 Å². The van der Waals surface area contributed by atoms with Crippen molar-refractivity contribution in [2.75, 3.05) is 0 Å². The van der Waals surface area contributed by atoms with Gasteiger partial charge in [0.1, 0.15) is 0 Å². The van der Waals surface area contributed by atoms with Crippen LogP contribution in [0.5, 0.6) is 0 Å². The first-order valence-electron chi connectivity index (χ1n) is 6.66. The number of hydrogen-bond acceptors (Lipinski definition) is 2. The van der Waals surface area contributed by atoms with Crippen molar-refractivity contribution in [2.45, 2.75) is 19.3 Å². The Balaban J connectivity index is 1.65. The second kappa shape index (κ2) is 5.61. The molecule has 0 radical (unpaired) electrons. The first-order valence-corrected chi connectivity index (χ1v) is 6.66. The first kappa shape index (κ1) is 11.8. The number of para-hydroxylation sites is 2. The molecule has 2 heteroatoms. The molecule has 2 aromatic carbocycles. The molecule has 0 bridgehead atoms. The summed E-state index contributed by atoms with van der Waals surface area (Å²) in [5.74, 6) is 0. The Kier molecular flexibility index (Phi) is 3.50. The fraction of sp³-hybridized carbons (Fsp3) is 0.176. The third kappa shape index (κ3) is 2.97. The molecule has 0 saturated carbocycles. The minimum Gasteiger partial charge on any atom is -0.253 e. The fourth-order valence-electron chi connectivity index (χ4n) is 2.23. The zero-order valence-corrected chi connectivity index (χ0v) is 10.8. The number of benzene rings is 2. The number of hydrogen-bond donors (Lipinski definition) is 0. The third-order valence-electron chi connectivity index (χ3n) is 3.24. The van der Waals surface area contributed by atoms with Gasteiger partial charge in [-0.25, -0.2) is 4.98 Å². The molecule has 94 valence electrons. The minimum atomic E-state index is 0.967. The predicted octanol–water partition coefficient (Wildman–Crippen LogP) is 3.81. The molecule has 1 aromatic heterocycles. The molecule has 0 unspecified atom stereocenters. The minimum absolute atomic E-state index is 0.967. The molecule has 3 rings (SSSR count). The third-order valence-corrected chi connectivity index (χ3v) is 3.24. The summed E-state index contributed by atoms with van der Waals surface area (Å²) in [6, 6.07) is 18.6. The quantitative estimate of drug-likeness (QED) is 0.701. The highest BCUT2D eigenvalue weighted by Crippen LogP contribution is 2.11. The highest BCUT2D eigenvalue weighted by Gasteiger charge is 2.00. The Labute approximate surface area is 113 Å². The molecule has 19 heavy (non-hydrogen) atoms. The average Bonchev–Trinajstić information content (AvgIpc) is 2.48. The smallest absolute Gasteiger partial charge is 0.0890 e. The Morgan fingerprint density at radius 2 is 1.47 bits per heavy atom. The summed E-state index contributed by atoms with van der Waals surface area (Å²) in [5, 5.41) is 0. The second-order valence-corrected chi connectivity index (χ2v) is 4.69. The molecular weight excluding hydrogens is 232 g/mol. The van der Waals surface area contributed by atoms with Crippen molar-refractivity contribution in [3.8, 4) is 0 Å². The van der Waals surface area contributed by atoms with Gasteiger partial charge in [-0.15, -0.1) is 0 Å². The zero-order chi connectivity index (χ0) is 12.9. The summed E-state index contributed by atoms with van der Waals surface area (Å²) in [6.45, 7) is 0. The molecule has 0 saturated heterocycles. The van der Waals surface area contributed by atoms with E-state index in [1.165, 1.54) is 5.56 Å². The van der Waals surface area contributed by atoms with E-state index < -0.39 is 0 Å². The number of nitrogens with zero attached hydrogens (tertiary/aromatic N) is 2. The monoisotopic (exact) mass is 248 g/mol. The van der Waals surface area contributed by atoms with Crippen molar-refractivity contribution in [3.63, 3.8) is 0 Å². The van der Waals surface area contributed by atoms with Gasteiger partial charge < -0.3 is 0 Å². The Hall–Kier alpha value is -2.22. The molecule has 0 aliphatic rings. The van der Waals surface area contributed by atoms with Crippen LogP contribution >= 0.6 is 0 Å². The van der Waals surface area contributed by atoms with Crippen LogP contribution in [-0.4, -0.2) is 9.97 Å². The highest BCUT2D eigenvalue weighted by atomic mass is 14.8. The molecule has 0 amide bonds. The van der Waals surface area contributed by atoms with Gasteiger partial charge >= 0.3 is 0 Å². The number of rotatable bonds is 4. The molecule has 1 heterocycles.